The Morgan fingerprint density at radius 1 is 0.500 bits per heavy atom. The van der Waals surface area contributed by atoms with Gasteiger partial charge in [0.05, 0.1) is 0 Å². The largest absolute Gasteiger partial charge is 0.329 e. The molecule has 4 aromatic heterocycles. The Morgan fingerprint density at radius 2 is 0.773 bits per heavy atom. The first kappa shape index (κ1) is 12.2. The van der Waals surface area contributed by atoms with E-state index in [9.17, 15) is 0 Å². The maximum absolute atomic E-state index is 4.30. The molecule has 0 unspecified atom stereocenters. The Kier molecular flexibility index (Phi) is 2.82. The number of nitrogens with one attached hydrogen (secondary N) is 4. The van der Waals surface area contributed by atoms with Gasteiger partial charge in [0.1, 0.15) is 0 Å². The van der Waals surface area contributed by atoms with Gasteiger partial charge >= 0.3 is 0 Å². The third-order valence-electron chi connectivity index (χ3n) is 2.94. The van der Waals surface area contributed by atoms with E-state index in [1.165, 1.54) is 0 Å². The molecule has 22 heavy (non-hydrogen) atoms. The third kappa shape index (κ3) is 1.98. The minimum Gasteiger partial charge on any atom is -0.329 e. The summed E-state index contributed by atoms with van der Waals surface area (Å²) in [6.07, 6.45) is 13.6. The maximum atomic E-state index is 4.30. The summed E-state index contributed by atoms with van der Waals surface area (Å²) in [7, 11) is 0. The molecule has 110 valence electrons. The van der Waals surface area contributed by atoms with E-state index in [-0.39, 0.29) is 0 Å². The number of imidazole rings is 4. The predicted molar refractivity (Wildman–Crippen MR) is 78.6 cm³/mol. The molecule has 0 aromatic carbocycles. The quantitative estimate of drug-likeness (QED) is 0.414. The van der Waals surface area contributed by atoms with Crippen molar-refractivity contribution in [3.05, 3.63) is 49.6 Å². The van der Waals surface area contributed by atoms with Gasteiger partial charge in [-0.2, -0.15) is 10.0 Å². The lowest BCUT2D eigenvalue weighted by Crippen LogP contribution is -2.38. The van der Waals surface area contributed by atoms with Crippen molar-refractivity contribution in [3.8, 4) is 0 Å². The second-order valence-corrected chi connectivity index (χ2v) is 4.27. The summed E-state index contributed by atoms with van der Waals surface area (Å²) in [5.74, 6) is 2.23. The Balaban J connectivity index is 1.88. The molecule has 0 saturated heterocycles. The van der Waals surface area contributed by atoms with E-state index in [1.54, 1.807) is 59.6 Å². The summed E-state index contributed by atoms with van der Waals surface area (Å²) in [6, 6.07) is 0. The van der Waals surface area contributed by atoms with Crippen molar-refractivity contribution in [2.24, 2.45) is 0 Å². The van der Waals surface area contributed by atoms with Gasteiger partial charge in [0.2, 0.25) is 23.8 Å². The van der Waals surface area contributed by atoms with Crippen LogP contribution in [0.1, 0.15) is 0 Å². The van der Waals surface area contributed by atoms with Crippen molar-refractivity contribution in [2.75, 3.05) is 10.0 Å². The molecule has 4 rings (SSSR count). The van der Waals surface area contributed by atoms with Gasteiger partial charge in [-0.15, -0.1) is 0 Å². The fraction of sp³-hybridized carbons (Fsp3) is 0. The number of hydrogen-bond acceptors (Lipinski definition) is 6. The highest BCUT2D eigenvalue weighted by Gasteiger charge is 2.28. The number of rotatable bonds is 5. The van der Waals surface area contributed by atoms with Crippen LogP contribution in [-0.2, 0) is 0 Å². The maximum Gasteiger partial charge on any atom is 0.230 e. The molecule has 0 atom stereocenters. The SMILES string of the molecule is c1c[nH]c(N(c2ncc[nH]2)N(c2ncc[nH]2)c2ncc[nH]2)n1. The topological polar surface area (TPSA) is 121 Å². The average Bonchev–Trinajstić information content (AvgIpc) is 3.35. The van der Waals surface area contributed by atoms with Gasteiger partial charge < -0.3 is 19.9 Å². The normalized spacial score (nSPS) is 10.7. The Morgan fingerprint density at radius 3 is 0.955 bits per heavy atom. The van der Waals surface area contributed by atoms with Crippen molar-refractivity contribution in [3.63, 3.8) is 0 Å². The fourth-order valence-corrected chi connectivity index (χ4v) is 2.07. The smallest absolute Gasteiger partial charge is 0.230 e. The molecule has 0 fully saturated rings. The lowest BCUT2D eigenvalue weighted by molar-refractivity contribution is 0.850. The fourth-order valence-electron chi connectivity index (χ4n) is 2.07. The number of hydrogen-bond donors (Lipinski definition) is 4. The van der Waals surface area contributed by atoms with Gasteiger partial charge in [-0.25, -0.2) is 19.9 Å². The lowest BCUT2D eigenvalue weighted by Gasteiger charge is -2.29. The van der Waals surface area contributed by atoms with E-state index < -0.39 is 0 Å². The van der Waals surface area contributed by atoms with Crippen LogP contribution in [-0.4, -0.2) is 39.9 Å². The number of aromatic amines is 4. The molecule has 0 spiro atoms. The number of nitrogens with zero attached hydrogens (tertiary/aromatic N) is 6. The predicted octanol–water partition coefficient (Wildman–Crippen LogP) is 1.47. The van der Waals surface area contributed by atoms with Gasteiger partial charge in [0, 0.05) is 49.6 Å². The highest BCUT2D eigenvalue weighted by atomic mass is 15.7. The Bertz CT molecular complexity index is 645. The van der Waals surface area contributed by atoms with Crippen molar-refractivity contribution in [1.29, 1.82) is 0 Å². The van der Waals surface area contributed by atoms with E-state index in [4.69, 9.17) is 0 Å². The van der Waals surface area contributed by atoms with Crippen LogP contribution < -0.4 is 10.0 Å². The second kappa shape index (κ2) is 5.09. The van der Waals surface area contributed by atoms with Crippen LogP contribution in [0.4, 0.5) is 23.8 Å². The monoisotopic (exact) mass is 296 g/mol. The summed E-state index contributed by atoms with van der Waals surface area (Å²) in [4.78, 5) is 29.4. The molecule has 0 bridgehead atoms. The van der Waals surface area contributed by atoms with E-state index in [2.05, 4.69) is 39.9 Å². The third-order valence-corrected chi connectivity index (χ3v) is 2.94. The molecule has 10 nitrogen and oxygen atoms in total. The zero-order valence-electron chi connectivity index (χ0n) is 11.3. The minimum atomic E-state index is 0.558. The van der Waals surface area contributed by atoms with Crippen molar-refractivity contribution >= 4 is 23.8 Å². The van der Waals surface area contributed by atoms with Crippen LogP contribution in [0.15, 0.2) is 49.6 Å². The van der Waals surface area contributed by atoms with E-state index >= 15 is 0 Å². The number of H-pyrrole nitrogens is 4. The Labute approximate surface area is 124 Å². The molecule has 10 heteroatoms. The second-order valence-electron chi connectivity index (χ2n) is 4.27. The zero-order valence-corrected chi connectivity index (χ0v) is 11.3. The molecule has 0 aliphatic carbocycles. The number of hydrazine groups is 1. The van der Waals surface area contributed by atoms with Gasteiger partial charge in [-0.3, -0.25) is 0 Å². The standard InChI is InChI=1S/C12H12N10/c1-2-14-9(13-1)21(10-15-3-4-16-10)22(11-17-5-6-18-11)12-19-7-8-20-12/h1-8H,(H,13,14)(H,15,16)(H,17,18)(H,19,20). The van der Waals surface area contributed by atoms with Crippen LogP contribution in [0.5, 0.6) is 0 Å². The van der Waals surface area contributed by atoms with Gasteiger partial charge in [0.25, 0.3) is 0 Å². The van der Waals surface area contributed by atoms with Crippen LogP contribution in [0.2, 0.25) is 0 Å². The van der Waals surface area contributed by atoms with Crippen molar-refractivity contribution in [1.82, 2.24) is 39.9 Å². The van der Waals surface area contributed by atoms with E-state index in [0.29, 0.717) is 23.8 Å². The molecule has 0 saturated carbocycles. The van der Waals surface area contributed by atoms with Crippen LogP contribution in [0, 0.1) is 0 Å². The summed E-state index contributed by atoms with van der Waals surface area (Å²) in [6.45, 7) is 0. The van der Waals surface area contributed by atoms with Crippen molar-refractivity contribution < 1.29 is 0 Å². The van der Waals surface area contributed by atoms with Gasteiger partial charge in [-0.1, -0.05) is 0 Å². The molecule has 4 aromatic rings. The minimum absolute atomic E-state index is 0.558. The van der Waals surface area contributed by atoms with Crippen LogP contribution in [0.3, 0.4) is 0 Å². The molecular weight excluding hydrogens is 284 g/mol. The van der Waals surface area contributed by atoms with E-state index in [1.807, 2.05) is 0 Å². The number of aromatic nitrogens is 8. The summed E-state index contributed by atoms with van der Waals surface area (Å²) in [5.41, 5.74) is 0. The first-order chi connectivity index (χ1) is 10.9. The lowest BCUT2D eigenvalue weighted by atomic mass is 10.7. The Hall–Kier alpha value is -3.56. The molecule has 0 aliphatic rings. The molecule has 0 aliphatic heterocycles. The average molecular weight is 296 g/mol. The highest BCUT2D eigenvalue weighted by molar-refractivity contribution is 5.63. The molecule has 4 heterocycles. The van der Waals surface area contributed by atoms with Crippen molar-refractivity contribution in [2.45, 2.75) is 0 Å². The first-order valence-electron chi connectivity index (χ1n) is 6.51. The van der Waals surface area contributed by atoms with Crippen LogP contribution >= 0.6 is 0 Å². The molecule has 0 radical (unpaired) electrons. The summed E-state index contributed by atoms with van der Waals surface area (Å²) in [5, 5.41) is 3.44. The van der Waals surface area contributed by atoms with Crippen LogP contribution in [0.25, 0.3) is 0 Å². The highest BCUT2D eigenvalue weighted by Crippen LogP contribution is 2.28. The zero-order chi connectivity index (χ0) is 14.8. The van der Waals surface area contributed by atoms with Gasteiger partial charge in [-0.05, 0) is 0 Å². The number of anilines is 4. The summed E-state index contributed by atoms with van der Waals surface area (Å²) < 4.78 is 0. The molecule has 4 N–H and O–H groups in total. The molecular formula is C12H12N10. The van der Waals surface area contributed by atoms with E-state index in [0.717, 1.165) is 0 Å². The molecule has 0 amide bonds. The van der Waals surface area contributed by atoms with Gasteiger partial charge in [0.15, 0.2) is 0 Å². The summed E-state index contributed by atoms with van der Waals surface area (Å²) >= 11 is 0. The first-order valence-corrected chi connectivity index (χ1v) is 6.51.